The number of thiocarbonyl (C=S) groups is 1. The van der Waals surface area contributed by atoms with E-state index in [1.165, 1.54) is 12.7 Å². The number of carbonyl (C=O) groups excluding carboxylic acids is 1. The van der Waals surface area contributed by atoms with Gasteiger partial charge in [0.1, 0.15) is 0 Å². The van der Waals surface area contributed by atoms with Crippen molar-refractivity contribution in [1.29, 1.82) is 0 Å². The molecule has 1 aliphatic rings. The summed E-state index contributed by atoms with van der Waals surface area (Å²) in [6.45, 7) is 4.67. The number of hydrogen-bond acceptors (Lipinski definition) is 3. The van der Waals surface area contributed by atoms with Crippen LogP contribution in [0.2, 0.25) is 0 Å². The highest BCUT2D eigenvalue weighted by Crippen LogP contribution is 2.23. The molecule has 0 aromatic heterocycles. The van der Waals surface area contributed by atoms with Crippen LogP contribution in [0.4, 0.5) is 0 Å². The minimum absolute atomic E-state index is 0.108. The molecule has 1 aliphatic heterocycles. The number of nitrogens with zero attached hydrogens (tertiary/aromatic N) is 1. The maximum Gasteiger partial charge on any atom is 0.337 e. The van der Waals surface area contributed by atoms with Gasteiger partial charge in [-0.05, 0) is 44.5 Å². The van der Waals surface area contributed by atoms with Crippen molar-refractivity contribution in [2.45, 2.75) is 32.7 Å². The van der Waals surface area contributed by atoms with Gasteiger partial charge < -0.3 is 15.0 Å². The highest BCUT2D eigenvalue weighted by molar-refractivity contribution is 7.80. The average Bonchev–Trinajstić information content (AvgIpc) is 2.53. The van der Waals surface area contributed by atoms with Crippen molar-refractivity contribution in [3.8, 4) is 0 Å². The Bertz CT molecular complexity index is 584. The fourth-order valence-electron chi connectivity index (χ4n) is 2.80. The van der Waals surface area contributed by atoms with Crippen LogP contribution < -0.4 is 5.32 Å². The van der Waals surface area contributed by atoms with E-state index in [1.54, 1.807) is 0 Å². The predicted octanol–water partition coefficient (Wildman–Crippen LogP) is 2.64. The summed E-state index contributed by atoms with van der Waals surface area (Å²) < 4.78 is 4.96. The number of esters is 1. The van der Waals surface area contributed by atoms with Crippen LogP contribution in [0.1, 0.15) is 25.8 Å². The van der Waals surface area contributed by atoms with Crippen molar-refractivity contribution in [1.82, 2.24) is 10.2 Å². The minimum Gasteiger partial charge on any atom is -0.466 e. The van der Waals surface area contributed by atoms with Gasteiger partial charge in [0, 0.05) is 12.2 Å². The summed E-state index contributed by atoms with van der Waals surface area (Å²) in [6, 6.07) is 10.1. The lowest BCUT2D eigenvalue weighted by Crippen LogP contribution is -2.51. The SMILES string of the molecule is CCN1C(=S)N[C@@H](CCc2ccccc2)C(C(=O)OC)=C1C. The van der Waals surface area contributed by atoms with Gasteiger partial charge in [0.2, 0.25) is 0 Å². The molecule has 0 bridgehead atoms. The Balaban J connectivity index is 2.22. The van der Waals surface area contributed by atoms with Gasteiger partial charge in [-0.25, -0.2) is 4.79 Å². The molecule has 5 heteroatoms. The Morgan fingerprint density at radius 2 is 2.05 bits per heavy atom. The normalized spacial score (nSPS) is 18.2. The Hall–Kier alpha value is -1.88. The molecule has 118 valence electrons. The van der Waals surface area contributed by atoms with E-state index in [2.05, 4.69) is 17.4 Å². The number of rotatable bonds is 5. The van der Waals surface area contributed by atoms with E-state index >= 15 is 0 Å². The number of carbonyl (C=O) groups is 1. The summed E-state index contributed by atoms with van der Waals surface area (Å²) in [7, 11) is 1.42. The van der Waals surface area contributed by atoms with Crippen LogP contribution in [0.5, 0.6) is 0 Å². The van der Waals surface area contributed by atoms with E-state index in [0.717, 1.165) is 25.1 Å². The lowest BCUT2D eigenvalue weighted by molar-refractivity contribution is -0.136. The number of benzene rings is 1. The second kappa shape index (κ2) is 7.40. The van der Waals surface area contributed by atoms with Gasteiger partial charge in [-0.1, -0.05) is 30.3 Å². The van der Waals surface area contributed by atoms with Crippen LogP contribution in [-0.2, 0) is 16.0 Å². The highest BCUT2D eigenvalue weighted by Gasteiger charge is 2.32. The summed E-state index contributed by atoms with van der Waals surface area (Å²) in [4.78, 5) is 14.1. The van der Waals surface area contributed by atoms with E-state index < -0.39 is 0 Å². The second-order valence-electron chi connectivity index (χ2n) is 5.26. The van der Waals surface area contributed by atoms with E-state index in [-0.39, 0.29) is 12.0 Å². The largest absolute Gasteiger partial charge is 0.466 e. The van der Waals surface area contributed by atoms with Crippen molar-refractivity contribution in [3.05, 3.63) is 47.2 Å². The standard InChI is InChI=1S/C17H22N2O2S/c1-4-19-12(2)15(16(20)21-3)14(18-17(19)22)11-10-13-8-6-5-7-9-13/h5-9,14H,4,10-11H2,1-3H3,(H,18,22)/t14-/m0/s1. The molecule has 0 aliphatic carbocycles. The van der Waals surface area contributed by atoms with E-state index in [1.807, 2.05) is 36.9 Å². The van der Waals surface area contributed by atoms with Gasteiger partial charge in [-0.2, -0.15) is 0 Å². The average molecular weight is 318 g/mol. The number of nitrogens with one attached hydrogen (secondary N) is 1. The molecule has 0 radical (unpaired) electrons. The highest BCUT2D eigenvalue weighted by atomic mass is 32.1. The smallest absolute Gasteiger partial charge is 0.337 e. The molecular weight excluding hydrogens is 296 g/mol. The molecule has 1 aromatic carbocycles. The Morgan fingerprint density at radius 3 is 2.64 bits per heavy atom. The van der Waals surface area contributed by atoms with E-state index in [4.69, 9.17) is 17.0 Å². The Morgan fingerprint density at radius 1 is 1.36 bits per heavy atom. The number of aryl methyl sites for hydroxylation is 1. The second-order valence-corrected chi connectivity index (χ2v) is 5.65. The van der Waals surface area contributed by atoms with Gasteiger partial charge in [0.05, 0.1) is 18.7 Å². The van der Waals surface area contributed by atoms with Crippen molar-refractivity contribution < 1.29 is 9.53 Å². The zero-order chi connectivity index (χ0) is 16.1. The number of hydrogen-bond donors (Lipinski definition) is 1. The van der Waals surface area contributed by atoms with E-state index in [0.29, 0.717) is 10.7 Å². The minimum atomic E-state index is -0.288. The summed E-state index contributed by atoms with van der Waals surface area (Å²) in [6.07, 6.45) is 1.67. The summed E-state index contributed by atoms with van der Waals surface area (Å²) in [5, 5.41) is 3.95. The van der Waals surface area contributed by atoms with Crippen molar-refractivity contribution in [2.75, 3.05) is 13.7 Å². The van der Waals surface area contributed by atoms with Crippen LogP contribution in [0, 0.1) is 0 Å². The summed E-state index contributed by atoms with van der Waals surface area (Å²) in [5.41, 5.74) is 2.81. The van der Waals surface area contributed by atoms with Crippen LogP contribution in [0.25, 0.3) is 0 Å². The number of ether oxygens (including phenoxy) is 1. The first-order valence-electron chi connectivity index (χ1n) is 7.49. The first-order valence-corrected chi connectivity index (χ1v) is 7.90. The van der Waals surface area contributed by atoms with Gasteiger partial charge >= 0.3 is 5.97 Å². The third-order valence-electron chi connectivity index (χ3n) is 3.97. The molecule has 0 spiro atoms. The Kier molecular flexibility index (Phi) is 5.55. The van der Waals surface area contributed by atoms with Gasteiger partial charge in [-0.3, -0.25) is 0 Å². The van der Waals surface area contributed by atoms with Crippen molar-refractivity contribution in [3.63, 3.8) is 0 Å². The maximum absolute atomic E-state index is 12.2. The molecule has 1 heterocycles. The van der Waals surface area contributed by atoms with Gasteiger partial charge in [0.15, 0.2) is 5.11 Å². The van der Waals surface area contributed by atoms with Crippen molar-refractivity contribution >= 4 is 23.3 Å². The molecule has 1 aromatic rings. The zero-order valence-electron chi connectivity index (χ0n) is 13.3. The molecule has 22 heavy (non-hydrogen) atoms. The monoisotopic (exact) mass is 318 g/mol. The van der Waals surface area contributed by atoms with Crippen LogP contribution >= 0.6 is 12.2 Å². The fourth-order valence-corrected chi connectivity index (χ4v) is 3.21. The Labute approximate surface area is 137 Å². The molecule has 4 nitrogen and oxygen atoms in total. The first-order chi connectivity index (χ1) is 10.6. The van der Waals surface area contributed by atoms with Gasteiger partial charge in [-0.15, -0.1) is 0 Å². The molecule has 0 saturated carbocycles. The quantitative estimate of drug-likeness (QED) is 0.668. The molecule has 0 unspecified atom stereocenters. The number of allylic oxidation sites excluding steroid dienone is 1. The van der Waals surface area contributed by atoms with Crippen LogP contribution in [0.15, 0.2) is 41.6 Å². The first kappa shape index (κ1) is 16.5. The van der Waals surface area contributed by atoms with Gasteiger partial charge in [0.25, 0.3) is 0 Å². The van der Waals surface area contributed by atoms with Crippen LogP contribution in [0.3, 0.4) is 0 Å². The summed E-state index contributed by atoms with van der Waals surface area (Å²) in [5.74, 6) is -0.288. The van der Waals surface area contributed by atoms with E-state index in [9.17, 15) is 4.79 Å². The number of methoxy groups -OCH3 is 1. The predicted molar refractivity (Wildman–Crippen MR) is 91.4 cm³/mol. The maximum atomic E-state index is 12.2. The molecule has 0 saturated heterocycles. The zero-order valence-corrected chi connectivity index (χ0v) is 14.1. The van der Waals surface area contributed by atoms with Crippen molar-refractivity contribution in [2.24, 2.45) is 0 Å². The molecule has 1 N–H and O–H groups in total. The molecule has 0 fully saturated rings. The summed E-state index contributed by atoms with van der Waals surface area (Å²) >= 11 is 5.42. The molecule has 1 atom stereocenters. The topological polar surface area (TPSA) is 41.6 Å². The lowest BCUT2D eigenvalue weighted by atomic mass is 9.95. The third-order valence-corrected chi connectivity index (χ3v) is 4.31. The fraction of sp³-hybridized carbons (Fsp3) is 0.412. The molecular formula is C17H22N2O2S. The molecule has 2 rings (SSSR count). The lowest BCUT2D eigenvalue weighted by Gasteiger charge is -2.36. The third kappa shape index (κ3) is 3.47. The molecule has 0 amide bonds. The van der Waals surface area contributed by atoms with Crippen LogP contribution in [-0.4, -0.2) is 35.7 Å².